The van der Waals surface area contributed by atoms with Crippen LogP contribution >= 0.6 is 0 Å². The van der Waals surface area contributed by atoms with Gasteiger partial charge in [0.15, 0.2) is 0 Å². The third-order valence-corrected chi connectivity index (χ3v) is 4.37. The van der Waals surface area contributed by atoms with E-state index in [-0.39, 0.29) is 11.9 Å². The van der Waals surface area contributed by atoms with Crippen molar-refractivity contribution in [3.8, 4) is 6.07 Å². The number of piperazine rings is 1. The fourth-order valence-electron chi connectivity index (χ4n) is 3.00. The van der Waals surface area contributed by atoms with Gasteiger partial charge in [-0.1, -0.05) is 6.07 Å². The van der Waals surface area contributed by atoms with Gasteiger partial charge in [-0.05, 0) is 38.1 Å². The fraction of sp³-hybridized carbons (Fsp3) is 0.316. The molecule has 0 aliphatic carbocycles. The van der Waals surface area contributed by atoms with Crippen LogP contribution in [-0.4, -0.2) is 47.9 Å². The molecule has 1 fully saturated rings. The number of nitrogens with zero attached hydrogens (tertiary/aromatic N) is 3. The number of carbonyl (C=O) groups excluding carboxylic acids is 2. The summed E-state index contributed by atoms with van der Waals surface area (Å²) in [5.74, 6) is 1.26. The van der Waals surface area contributed by atoms with Crippen molar-refractivity contribution in [1.82, 2.24) is 9.80 Å². The third kappa shape index (κ3) is 3.70. The van der Waals surface area contributed by atoms with E-state index in [9.17, 15) is 9.59 Å². The van der Waals surface area contributed by atoms with Crippen molar-refractivity contribution in [2.75, 3.05) is 31.5 Å². The zero-order valence-corrected chi connectivity index (χ0v) is 14.8. The molecule has 0 spiro atoms. The Hall–Kier alpha value is -3.27. The lowest BCUT2D eigenvalue weighted by molar-refractivity contribution is 0.0670. The molecule has 0 radical (unpaired) electrons. The van der Waals surface area contributed by atoms with Crippen LogP contribution in [0.4, 0.5) is 10.5 Å². The second-order valence-electron chi connectivity index (χ2n) is 6.23. The van der Waals surface area contributed by atoms with Gasteiger partial charge in [0, 0.05) is 31.9 Å². The summed E-state index contributed by atoms with van der Waals surface area (Å²) in [4.78, 5) is 28.4. The summed E-state index contributed by atoms with van der Waals surface area (Å²) in [7, 11) is 0. The third-order valence-electron chi connectivity index (χ3n) is 4.37. The van der Waals surface area contributed by atoms with Crippen molar-refractivity contribution in [3.05, 3.63) is 53.0 Å². The number of nitrogens with one attached hydrogen (secondary N) is 1. The largest absolute Gasteiger partial charge is 0.466 e. The molecule has 1 saturated heterocycles. The first-order valence-electron chi connectivity index (χ1n) is 8.40. The van der Waals surface area contributed by atoms with E-state index in [1.807, 2.05) is 13.0 Å². The van der Waals surface area contributed by atoms with Crippen LogP contribution in [0.2, 0.25) is 0 Å². The summed E-state index contributed by atoms with van der Waals surface area (Å²) in [5.41, 5.74) is 1.65. The highest BCUT2D eigenvalue weighted by Gasteiger charge is 2.26. The number of hydrogen-bond donors (Lipinski definition) is 1. The van der Waals surface area contributed by atoms with Gasteiger partial charge in [0.1, 0.15) is 11.5 Å². The Bertz CT molecular complexity index is 873. The Morgan fingerprint density at radius 3 is 2.42 bits per heavy atom. The number of hydrogen-bond acceptors (Lipinski definition) is 4. The molecule has 1 N–H and O–H groups in total. The number of rotatable bonds is 2. The molecule has 1 aromatic carbocycles. The second kappa shape index (κ2) is 7.31. The van der Waals surface area contributed by atoms with Crippen molar-refractivity contribution in [2.24, 2.45) is 0 Å². The Balaban J connectivity index is 1.57. The van der Waals surface area contributed by atoms with E-state index in [1.54, 1.807) is 47.1 Å². The maximum Gasteiger partial charge on any atom is 0.321 e. The lowest BCUT2D eigenvalue weighted by atomic mass is 10.2. The normalized spacial score (nSPS) is 14.0. The van der Waals surface area contributed by atoms with Crippen molar-refractivity contribution in [3.63, 3.8) is 0 Å². The molecule has 3 rings (SSSR count). The van der Waals surface area contributed by atoms with Gasteiger partial charge < -0.3 is 19.5 Å². The number of benzene rings is 1. The number of carbonyl (C=O) groups is 2. The van der Waals surface area contributed by atoms with Gasteiger partial charge in [-0.25, -0.2) is 4.79 Å². The molecular formula is C19H20N4O3. The van der Waals surface area contributed by atoms with Gasteiger partial charge in [0.25, 0.3) is 5.91 Å². The molecule has 3 amide bonds. The van der Waals surface area contributed by atoms with Crippen molar-refractivity contribution >= 4 is 17.6 Å². The highest BCUT2D eigenvalue weighted by Crippen LogP contribution is 2.18. The molecule has 134 valence electrons. The molecule has 7 nitrogen and oxygen atoms in total. The molecule has 0 atom stereocenters. The van der Waals surface area contributed by atoms with Crippen LogP contribution in [-0.2, 0) is 0 Å². The van der Waals surface area contributed by atoms with Crippen LogP contribution in [0.15, 0.2) is 34.7 Å². The Labute approximate surface area is 151 Å². The number of urea groups is 1. The van der Waals surface area contributed by atoms with Gasteiger partial charge in [0.2, 0.25) is 0 Å². The average molecular weight is 352 g/mol. The van der Waals surface area contributed by atoms with E-state index >= 15 is 0 Å². The topological polar surface area (TPSA) is 89.6 Å². The summed E-state index contributed by atoms with van der Waals surface area (Å²) >= 11 is 0. The minimum absolute atomic E-state index is 0.0684. The number of amides is 3. The summed E-state index contributed by atoms with van der Waals surface area (Å²) < 4.78 is 5.43. The maximum atomic E-state index is 12.6. The van der Waals surface area contributed by atoms with Gasteiger partial charge in [-0.3, -0.25) is 4.79 Å². The SMILES string of the molecule is Cc1cc(C(=O)N2CCN(C(=O)Nc3cccc(C#N)c3)CC2)c(C)o1. The lowest BCUT2D eigenvalue weighted by Crippen LogP contribution is -2.51. The zero-order chi connectivity index (χ0) is 18.7. The average Bonchev–Trinajstić information content (AvgIpc) is 2.99. The second-order valence-corrected chi connectivity index (χ2v) is 6.23. The van der Waals surface area contributed by atoms with Crippen LogP contribution in [0.3, 0.4) is 0 Å². The maximum absolute atomic E-state index is 12.6. The summed E-state index contributed by atoms with van der Waals surface area (Å²) in [6.45, 7) is 5.42. The van der Waals surface area contributed by atoms with Crippen LogP contribution in [0.25, 0.3) is 0 Å². The Kier molecular flexibility index (Phi) is 4.94. The first-order valence-corrected chi connectivity index (χ1v) is 8.40. The quantitative estimate of drug-likeness (QED) is 0.900. The molecule has 7 heteroatoms. The van der Waals surface area contributed by atoms with Crippen molar-refractivity contribution in [1.29, 1.82) is 5.26 Å². The number of furan rings is 1. The zero-order valence-electron chi connectivity index (χ0n) is 14.8. The van der Waals surface area contributed by atoms with Crippen molar-refractivity contribution in [2.45, 2.75) is 13.8 Å². The molecule has 1 aromatic heterocycles. The van der Waals surface area contributed by atoms with Gasteiger partial charge in [0.05, 0.1) is 17.2 Å². The fourth-order valence-corrected chi connectivity index (χ4v) is 3.00. The first kappa shape index (κ1) is 17.5. The minimum Gasteiger partial charge on any atom is -0.466 e. The minimum atomic E-state index is -0.234. The van der Waals surface area contributed by atoms with Crippen LogP contribution in [0.1, 0.15) is 27.4 Å². The monoisotopic (exact) mass is 352 g/mol. The molecule has 2 aromatic rings. The molecule has 0 unspecified atom stereocenters. The molecule has 2 heterocycles. The molecule has 0 bridgehead atoms. The smallest absolute Gasteiger partial charge is 0.321 e. The molecule has 1 aliphatic rings. The van der Waals surface area contributed by atoms with Gasteiger partial charge in [-0.15, -0.1) is 0 Å². The number of anilines is 1. The number of aryl methyl sites for hydroxylation is 2. The lowest BCUT2D eigenvalue weighted by Gasteiger charge is -2.34. The van der Waals surface area contributed by atoms with E-state index in [2.05, 4.69) is 5.32 Å². The Morgan fingerprint density at radius 2 is 1.81 bits per heavy atom. The van der Waals surface area contributed by atoms with E-state index in [1.165, 1.54) is 0 Å². The Morgan fingerprint density at radius 1 is 1.12 bits per heavy atom. The highest BCUT2D eigenvalue weighted by atomic mass is 16.3. The van der Waals surface area contributed by atoms with E-state index in [0.29, 0.717) is 54.5 Å². The van der Waals surface area contributed by atoms with Crippen LogP contribution in [0, 0.1) is 25.2 Å². The van der Waals surface area contributed by atoms with E-state index in [4.69, 9.17) is 9.68 Å². The standard InChI is InChI=1S/C19H20N4O3/c1-13-10-17(14(2)26-13)18(24)22-6-8-23(9-7-22)19(25)21-16-5-3-4-15(11-16)12-20/h3-5,10-11H,6-9H2,1-2H3,(H,21,25). The van der Waals surface area contributed by atoms with E-state index < -0.39 is 0 Å². The van der Waals surface area contributed by atoms with E-state index in [0.717, 1.165) is 0 Å². The van der Waals surface area contributed by atoms with Crippen LogP contribution in [0.5, 0.6) is 0 Å². The predicted molar refractivity (Wildman–Crippen MR) is 95.8 cm³/mol. The summed E-state index contributed by atoms with van der Waals surface area (Å²) in [5, 5.41) is 11.7. The predicted octanol–water partition coefficient (Wildman–Crippen LogP) is 2.76. The highest BCUT2D eigenvalue weighted by molar-refractivity contribution is 5.95. The van der Waals surface area contributed by atoms with Crippen molar-refractivity contribution < 1.29 is 14.0 Å². The number of nitriles is 1. The molecule has 26 heavy (non-hydrogen) atoms. The molecule has 0 saturated carbocycles. The summed E-state index contributed by atoms with van der Waals surface area (Å²) in [6, 6.07) is 10.3. The molecule has 1 aliphatic heterocycles. The summed E-state index contributed by atoms with van der Waals surface area (Å²) in [6.07, 6.45) is 0. The molecular weight excluding hydrogens is 332 g/mol. The first-order chi connectivity index (χ1) is 12.5. The van der Waals surface area contributed by atoms with Crippen LogP contribution < -0.4 is 5.32 Å². The van der Waals surface area contributed by atoms with Gasteiger partial charge in [-0.2, -0.15) is 5.26 Å². The van der Waals surface area contributed by atoms with Gasteiger partial charge >= 0.3 is 6.03 Å².